The lowest BCUT2D eigenvalue weighted by atomic mass is 10.2. The summed E-state index contributed by atoms with van der Waals surface area (Å²) in [6.07, 6.45) is 2.65. The van der Waals surface area contributed by atoms with Crippen LogP contribution in [0.1, 0.15) is 56.6 Å². The Morgan fingerprint density at radius 1 is 1.16 bits per heavy atom. The maximum atomic E-state index is 11.5. The van der Waals surface area contributed by atoms with E-state index in [0.29, 0.717) is 17.2 Å². The zero-order chi connectivity index (χ0) is 27.8. The van der Waals surface area contributed by atoms with Crippen LogP contribution in [0.15, 0.2) is 30.3 Å². The monoisotopic (exact) mass is 521 g/mol. The second kappa shape index (κ2) is 10.4. The minimum Gasteiger partial charge on any atom is -0.494 e. The van der Waals surface area contributed by atoms with Crippen LogP contribution in [0.2, 0.25) is 0 Å². The molecule has 5 rings (SSSR count). The molecule has 1 fully saturated rings. The number of pyridine rings is 1. The van der Waals surface area contributed by atoms with Crippen molar-refractivity contribution in [3.63, 3.8) is 0 Å². The summed E-state index contributed by atoms with van der Waals surface area (Å²) in [6, 6.07) is 9.48. The number of carbonyl (C=O) groups is 2. The van der Waals surface area contributed by atoms with Gasteiger partial charge < -0.3 is 29.4 Å². The van der Waals surface area contributed by atoms with Crippen LogP contribution in [0.3, 0.4) is 0 Å². The van der Waals surface area contributed by atoms with Gasteiger partial charge in [0.05, 0.1) is 23.9 Å². The number of carboxylic acid groups (broad SMARTS) is 1. The normalized spacial score (nSPS) is 13.3. The highest BCUT2D eigenvalue weighted by Gasteiger charge is 2.26. The van der Waals surface area contributed by atoms with E-state index < -0.39 is 17.7 Å². The lowest BCUT2D eigenvalue weighted by Crippen LogP contribution is -2.27. The van der Waals surface area contributed by atoms with Gasteiger partial charge in [-0.05, 0) is 76.3 Å². The van der Waals surface area contributed by atoms with Gasteiger partial charge in [-0.15, -0.1) is 0 Å². The van der Waals surface area contributed by atoms with Crippen molar-refractivity contribution in [2.45, 2.75) is 59.1 Å². The third-order valence-corrected chi connectivity index (χ3v) is 6.34. The van der Waals surface area contributed by atoms with Crippen molar-refractivity contribution in [3.8, 4) is 17.3 Å². The molecule has 0 bridgehead atoms. The van der Waals surface area contributed by atoms with Gasteiger partial charge in [0.1, 0.15) is 22.5 Å². The van der Waals surface area contributed by atoms with Crippen molar-refractivity contribution in [2.24, 2.45) is 18.7 Å². The zero-order valence-corrected chi connectivity index (χ0v) is 22.7. The Morgan fingerprint density at radius 2 is 1.87 bits per heavy atom. The zero-order valence-electron chi connectivity index (χ0n) is 22.7. The molecule has 1 aromatic carbocycles. The Kier molecular flexibility index (Phi) is 7.35. The summed E-state index contributed by atoms with van der Waals surface area (Å²) >= 11 is 0. The van der Waals surface area contributed by atoms with Crippen molar-refractivity contribution in [3.05, 3.63) is 41.6 Å². The number of imidazole rings is 1. The van der Waals surface area contributed by atoms with Crippen LogP contribution in [0.25, 0.3) is 33.6 Å². The topological polar surface area (TPSA) is 134 Å². The largest absolute Gasteiger partial charge is 0.494 e. The molecule has 202 valence electrons. The first-order chi connectivity index (χ1) is 17.9. The molecular weight excluding hydrogens is 486 g/mol. The van der Waals surface area contributed by atoms with Crippen LogP contribution in [0.4, 0.5) is 4.79 Å². The fourth-order valence-corrected chi connectivity index (χ4v) is 4.41. The number of methoxy groups -OCH3 is 1. The fourth-order valence-electron chi connectivity index (χ4n) is 4.41. The SMILES string of the molecule is CC(C)(C)OC(N)=O.CCc1ccc2cc(-c3nc4cc(C(=O)O)cc(OC)c4n3C)n(CC3CC3)c2n1. The maximum Gasteiger partial charge on any atom is 0.405 e. The quantitative estimate of drug-likeness (QED) is 0.358. The predicted octanol–water partition coefficient (Wildman–Crippen LogP) is 5.15. The number of aromatic carboxylic acids is 1. The van der Waals surface area contributed by atoms with Crippen molar-refractivity contribution >= 4 is 34.1 Å². The molecule has 1 saturated carbocycles. The lowest BCUT2D eigenvalue weighted by molar-refractivity contribution is 0.0598. The van der Waals surface area contributed by atoms with E-state index in [4.69, 9.17) is 20.4 Å². The summed E-state index contributed by atoms with van der Waals surface area (Å²) in [4.78, 5) is 31.3. The first kappa shape index (κ1) is 27.0. The molecule has 10 heteroatoms. The number of hydrogen-bond donors (Lipinski definition) is 2. The third-order valence-electron chi connectivity index (χ3n) is 6.34. The van der Waals surface area contributed by atoms with Gasteiger partial charge in [-0.25, -0.2) is 19.6 Å². The molecule has 4 aromatic rings. The van der Waals surface area contributed by atoms with Gasteiger partial charge in [-0.2, -0.15) is 0 Å². The number of nitrogens with zero attached hydrogens (tertiary/aromatic N) is 4. The fraction of sp³-hybridized carbons (Fsp3) is 0.429. The number of aromatic nitrogens is 4. The molecule has 1 aliphatic rings. The summed E-state index contributed by atoms with van der Waals surface area (Å²) in [7, 11) is 3.49. The van der Waals surface area contributed by atoms with Crippen LogP contribution in [0.5, 0.6) is 5.75 Å². The van der Waals surface area contributed by atoms with Gasteiger partial charge in [-0.3, -0.25) is 0 Å². The molecule has 0 atom stereocenters. The van der Waals surface area contributed by atoms with Crippen molar-refractivity contribution in [2.75, 3.05) is 7.11 Å². The summed E-state index contributed by atoms with van der Waals surface area (Å²) in [6.45, 7) is 8.31. The molecule has 38 heavy (non-hydrogen) atoms. The highest BCUT2D eigenvalue weighted by atomic mass is 16.6. The number of amides is 1. The molecule has 3 N–H and O–H groups in total. The van der Waals surface area contributed by atoms with E-state index in [0.717, 1.165) is 46.7 Å². The number of ether oxygens (including phenoxy) is 2. The molecule has 0 unspecified atom stereocenters. The number of carbonyl (C=O) groups excluding carboxylic acids is 1. The highest BCUT2D eigenvalue weighted by molar-refractivity contribution is 5.96. The van der Waals surface area contributed by atoms with E-state index in [1.54, 1.807) is 40.0 Å². The van der Waals surface area contributed by atoms with E-state index in [-0.39, 0.29) is 5.56 Å². The summed E-state index contributed by atoms with van der Waals surface area (Å²) in [5, 5.41) is 10.5. The van der Waals surface area contributed by atoms with E-state index in [1.165, 1.54) is 12.8 Å². The van der Waals surface area contributed by atoms with Crippen LogP contribution >= 0.6 is 0 Å². The molecule has 0 spiro atoms. The number of nitrogens with two attached hydrogens (primary N) is 1. The first-order valence-electron chi connectivity index (χ1n) is 12.7. The molecular formula is C28H35N5O5. The Labute approximate surface area is 221 Å². The first-order valence-corrected chi connectivity index (χ1v) is 12.7. The number of primary amides is 1. The summed E-state index contributed by atoms with van der Waals surface area (Å²) in [5.41, 5.74) is 8.87. The number of carboxylic acids is 1. The van der Waals surface area contributed by atoms with Gasteiger partial charge in [0.25, 0.3) is 0 Å². The molecule has 3 heterocycles. The third kappa shape index (κ3) is 5.74. The average molecular weight is 522 g/mol. The molecule has 1 aliphatic carbocycles. The Balaban J connectivity index is 0.000000368. The predicted molar refractivity (Wildman–Crippen MR) is 145 cm³/mol. The van der Waals surface area contributed by atoms with Gasteiger partial charge >= 0.3 is 12.1 Å². The smallest absolute Gasteiger partial charge is 0.405 e. The van der Waals surface area contributed by atoms with Crippen molar-refractivity contribution in [1.82, 2.24) is 19.1 Å². The van der Waals surface area contributed by atoms with Gasteiger partial charge in [0, 0.05) is 24.7 Å². The molecule has 3 aromatic heterocycles. The number of aryl methyl sites for hydroxylation is 2. The van der Waals surface area contributed by atoms with Gasteiger partial charge in [0.2, 0.25) is 0 Å². The van der Waals surface area contributed by atoms with Crippen LogP contribution in [0, 0.1) is 5.92 Å². The van der Waals surface area contributed by atoms with Crippen molar-refractivity contribution < 1.29 is 24.2 Å². The van der Waals surface area contributed by atoms with E-state index in [2.05, 4.69) is 34.4 Å². The summed E-state index contributed by atoms with van der Waals surface area (Å²) < 4.78 is 14.3. The van der Waals surface area contributed by atoms with Crippen LogP contribution < -0.4 is 10.5 Å². The maximum absolute atomic E-state index is 11.5. The van der Waals surface area contributed by atoms with Gasteiger partial charge in [-0.1, -0.05) is 6.92 Å². The molecule has 10 nitrogen and oxygen atoms in total. The molecule has 1 amide bonds. The average Bonchev–Trinajstić information content (AvgIpc) is 3.51. The van der Waals surface area contributed by atoms with E-state index in [1.807, 2.05) is 11.6 Å². The van der Waals surface area contributed by atoms with Gasteiger partial charge in [0.15, 0.2) is 5.82 Å². The van der Waals surface area contributed by atoms with Crippen LogP contribution in [-0.2, 0) is 24.8 Å². The molecule has 0 saturated heterocycles. The standard InChI is InChI=1S/C23H24N4O3.C5H11NO2/c1-4-16-8-7-14-10-18(27(21(14)24-16)12-13-5-6-13)22-25-17-9-15(23(28)29)11-19(30-3)20(17)26(22)2;1-5(2,3)8-4(6)7/h7-11,13H,4-6,12H2,1-3H3,(H,28,29);1-3H3,(H2,6,7). The van der Waals surface area contributed by atoms with E-state index in [9.17, 15) is 14.7 Å². The minimum atomic E-state index is -0.999. The van der Waals surface area contributed by atoms with Crippen molar-refractivity contribution in [1.29, 1.82) is 0 Å². The summed E-state index contributed by atoms with van der Waals surface area (Å²) in [5.74, 6) is 0.959. The van der Waals surface area contributed by atoms with E-state index >= 15 is 0 Å². The number of fused-ring (bicyclic) bond motifs is 2. The molecule has 0 aliphatic heterocycles. The molecule has 0 radical (unpaired) electrons. The lowest BCUT2D eigenvalue weighted by Gasteiger charge is -2.16. The highest BCUT2D eigenvalue weighted by Crippen LogP contribution is 2.37. The number of hydrogen-bond acceptors (Lipinski definition) is 6. The minimum absolute atomic E-state index is 0.164. The second-order valence-electron chi connectivity index (χ2n) is 10.5. The number of benzene rings is 1. The second-order valence-corrected chi connectivity index (χ2v) is 10.5. The Hall–Kier alpha value is -4.08. The number of rotatable bonds is 6. The Morgan fingerprint density at radius 3 is 2.39 bits per heavy atom. The Bertz CT molecular complexity index is 1510. The van der Waals surface area contributed by atoms with Crippen LogP contribution in [-0.4, -0.2) is 49.0 Å².